The van der Waals surface area contributed by atoms with Crippen LogP contribution >= 0.6 is 11.6 Å². The summed E-state index contributed by atoms with van der Waals surface area (Å²) in [6.07, 6.45) is 2.55. The van der Waals surface area contributed by atoms with Crippen molar-refractivity contribution in [2.24, 2.45) is 11.3 Å². The molecule has 1 aliphatic carbocycles. The minimum absolute atomic E-state index is 0.0121. The van der Waals surface area contributed by atoms with Gasteiger partial charge in [-0.15, -0.1) is 0 Å². The van der Waals surface area contributed by atoms with E-state index >= 15 is 0 Å². The Balaban J connectivity index is 1.72. The summed E-state index contributed by atoms with van der Waals surface area (Å²) < 4.78 is 0. The minimum Gasteiger partial charge on any atom is -0.325 e. The average molecular weight is 281 g/mol. The highest BCUT2D eigenvalue weighted by Crippen LogP contribution is 2.51. The van der Waals surface area contributed by atoms with Crippen LogP contribution in [0.25, 0.3) is 0 Å². The Morgan fingerprint density at radius 2 is 1.95 bits per heavy atom. The van der Waals surface area contributed by atoms with E-state index in [2.05, 4.69) is 24.5 Å². The summed E-state index contributed by atoms with van der Waals surface area (Å²) >= 11 is 5.79. The number of hydrogen-bond donors (Lipinski definition) is 2. The number of carbonyl (C=O) groups is 1. The van der Waals surface area contributed by atoms with Crippen LogP contribution in [0.5, 0.6) is 0 Å². The Bertz CT molecular complexity index is 438. The summed E-state index contributed by atoms with van der Waals surface area (Å²) in [6, 6.07) is 7.14. The molecule has 1 fully saturated rings. The molecule has 19 heavy (non-hydrogen) atoms. The van der Waals surface area contributed by atoms with Gasteiger partial charge in [0.25, 0.3) is 0 Å². The number of nitrogens with one attached hydrogen (secondary N) is 2. The summed E-state index contributed by atoms with van der Waals surface area (Å²) in [7, 11) is 0. The van der Waals surface area contributed by atoms with Gasteiger partial charge in [0.2, 0.25) is 5.91 Å². The SMILES string of the molecule is CC(C)C1(CNCC(=O)Nc2ccc(Cl)cc2)CC1. The van der Waals surface area contributed by atoms with E-state index in [1.54, 1.807) is 24.3 Å². The topological polar surface area (TPSA) is 41.1 Å². The van der Waals surface area contributed by atoms with E-state index in [0.29, 0.717) is 22.9 Å². The molecule has 1 aromatic rings. The van der Waals surface area contributed by atoms with Gasteiger partial charge in [-0.3, -0.25) is 4.79 Å². The smallest absolute Gasteiger partial charge is 0.238 e. The van der Waals surface area contributed by atoms with Gasteiger partial charge in [0.05, 0.1) is 6.54 Å². The molecule has 1 saturated carbocycles. The van der Waals surface area contributed by atoms with Gasteiger partial charge in [-0.25, -0.2) is 0 Å². The monoisotopic (exact) mass is 280 g/mol. The van der Waals surface area contributed by atoms with E-state index in [1.807, 2.05) is 0 Å². The molecule has 0 spiro atoms. The van der Waals surface area contributed by atoms with Gasteiger partial charge in [-0.1, -0.05) is 25.4 Å². The quantitative estimate of drug-likeness (QED) is 0.839. The van der Waals surface area contributed by atoms with Crippen LogP contribution in [0, 0.1) is 11.3 Å². The third kappa shape index (κ3) is 3.95. The van der Waals surface area contributed by atoms with Gasteiger partial charge in [0.15, 0.2) is 0 Å². The van der Waals surface area contributed by atoms with Crippen LogP contribution in [-0.2, 0) is 4.79 Å². The molecular weight excluding hydrogens is 260 g/mol. The fourth-order valence-electron chi connectivity index (χ4n) is 2.28. The predicted molar refractivity (Wildman–Crippen MR) is 79.5 cm³/mol. The van der Waals surface area contributed by atoms with Crippen molar-refractivity contribution < 1.29 is 4.79 Å². The van der Waals surface area contributed by atoms with Crippen molar-refractivity contribution in [2.45, 2.75) is 26.7 Å². The molecule has 0 bridgehead atoms. The lowest BCUT2D eigenvalue weighted by atomic mass is 9.92. The van der Waals surface area contributed by atoms with Crippen molar-refractivity contribution in [1.29, 1.82) is 0 Å². The van der Waals surface area contributed by atoms with Crippen molar-refractivity contribution >= 4 is 23.2 Å². The van der Waals surface area contributed by atoms with E-state index in [9.17, 15) is 4.79 Å². The Hall–Kier alpha value is -1.06. The zero-order chi connectivity index (χ0) is 13.9. The Labute approximate surface area is 119 Å². The third-order valence-corrected chi connectivity index (χ3v) is 4.26. The average Bonchev–Trinajstić information content (AvgIpc) is 3.13. The first-order chi connectivity index (χ1) is 9.02. The summed E-state index contributed by atoms with van der Waals surface area (Å²) in [6.45, 7) is 5.79. The van der Waals surface area contributed by atoms with E-state index in [0.717, 1.165) is 12.2 Å². The molecule has 4 heteroatoms. The molecule has 0 aliphatic heterocycles. The molecule has 2 rings (SSSR count). The number of amides is 1. The van der Waals surface area contributed by atoms with Crippen LogP contribution in [0.3, 0.4) is 0 Å². The lowest BCUT2D eigenvalue weighted by Crippen LogP contribution is -2.34. The molecule has 0 unspecified atom stereocenters. The summed E-state index contributed by atoms with van der Waals surface area (Å²) in [5.74, 6) is 0.668. The van der Waals surface area contributed by atoms with Gasteiger partial charge < -0.3 is 10.6 Å². The van der Waals surface area contributed by atoms with Gasteiger partial charge in [-0.2, -0.15) is 0 Å². The number of carbonyl (C=O) groups excluding carboxylic acids is 1. The molecule has 0 aromatic heterocycles. The fraction of sp³-hybridized carbons (Fsp3) is 0.533. The maximum absolute atomic E-state index is 11.8. The van der Waals surface area contributed by atoms with Gasteiger partial charge >= 0.3 is 0 Å². The number of rotatable bonds is 6. The first-order valence-corrected chi connectivity index (χ1v) is 7.16. The van der Waals surface area contributed by atoms with E-state index in [-0.39, 0.29) is 5.91 Å². The summed E-state index contributed by atoms with van der Waals surface area (Å²) in [5.41, 5.74) is 1.21. The zero-order valence-electron chi connectivity index (χ0n) is 11.5. The molecule has 3 nitrogen and oxygen atoms in total. The number of anilines is 1. The van der Waals surface area contributed by atoms with Crippen molar-refractivity contribution in [3.8, 4) is 0 Å². The number of hydrogen-bond acceptors (Lipinski definition) is 2. The third-order valence-electron chi connectivity index (χ3n) is 4.01. The van der Waals surface area contributed by atoms with Crippen LogP contribution in [0.4, 0.5) is 5.69 Å². The van der Waals surface area contributed by atoms with Crippen LogP contribution in [-0.4, -0.2) is 19.0 Å². The first-order valence-electron chi connectivity index (χ1n) is 6.78. The second-order valence-corrected chi connectivity index (χ2v) is 6.11. The molecule has 104 valence electrons. The Morgan fingerprint density at radius 3 is 2.47 bits per heavy atom. The van der Waals surface area contributed by atoms with Crippen molar-refractivity contribution in [3.05, 3.63) is 29.3 Å². The van der Waals surface area contributed by atoms with Gasteiger partial charge in [0.1, 0.15) is 0 Å². The van der Waals surface area contributed by atoms with Crippen LogP contribution in [0.1, 0.15) is 26.7 Å². The standard InChI is InChI=1S/C15H21ClN2O/c1-11(2)15(7-8-15)10-17-9-14(19)18-13-5-3-12(16)4-6-13/h3-6,11,17H,7-10H2,1-2H3,(H,18,19). The molecule has 0 atom stereocenters. The van der Waals surface area contributed by atoms with Gasteiger partial charge in [-0.05, 0) is 48.4 Å². The van der Waals surface area contributed by atoms with Gasteiger partial charge in [0, 0.05) is 17.3 Å². The minimum atomic E-state index is -0.0121. The maximum atomic E-state index is 11.8. The van der Waals surface area contributed by atoms with Crippen molar-refractivity contribution in [2.75, 3.05) is 18.4 Å². The van der Waals surface area contributed by atoms with E-state index < -0.39 is 0 Å². The predicted octanol–water partition coefficient (Wildman–Crippen LogP) is 3.30. The van der Waals surface area contributed by atoms with Crippen LogP contribution in [0.2, 0.25) is 5.02 Å². The highest BCUT2D eigenvalue weighted by molar-refractivity contribution is 6.30. The molecule has 1 amide bonds. The molecule has 1 aromatic carbocycles. The lowest BCUT2D eigenvalue weighted by Gasteiger charge is -2.19. The van der Waals surface area contributed by atoms with E-state index in [4.69, 9.17) is 11.6 Å². The molecule has 0 heterocycles. The summed E-state index contributed by atoms with van der Waals surface area (Å²) in [5, 5.41) is 6.78. The Kier molecular flexibility index (Phi) is 4.48. The number of halogens is 1. The van der Waals surface area contributed by atoms with Crippen molar-refractivity contribution in [3.63, 3.8) is 0 Å². The number of benzene rings is 1. The zero-order valence-corrected chi connectivity index (χ0v) is 12.3. The van der Waals surface area contributed by atoms with Crippen LogP contribution < -0.4 is 10.6 Å². The van der Waals surface area contributed by atoms with E-state index in [1.165, 1.54) is 12.8 Å². The second-order valence-electron chi connectivity index (χ2n) is 5.68. The van der Waals surface area contributed by atoms with Crippen molar-refractivity contribution in [1.82, 2.24) is 5.32 Å². The van der Waals surface area contributed by atoms with Crippen LogP contribution in [0.15, 0.2) is 24.3 Å². The summed E-state index contributed by atoms with van der Waals surface area (Å²) in [4.78, 5) is 11.8. The maximum Gasteiger partial charge on any atom is 0.238 e. The second kappa shape index (κ2) is 5.93. The molecular formula is C15H21ClN2O. The first kappa shape index (κ1) is 14.4. The molecule has 0 saturated heterocycles. The molecule has 0 radical (unpaired) electrons. The largest absolute Gasteiger partial charge is 0.325 e. The highest BCUT2D eigenvalue weighted by Gasteiger charge is 2.44. The fourth-order valence-corrected chi connectivity index (χ4v) is 2.41. The normalized spacial score (nSPS) is 16.4. The Morgan fingerprint density at radius 1 is 1.32 bits per heavy atom. The highest BCUT2D eigenvalue weighted by atomic mass is 35.5. The molecule has 2 N–H and O–H groups in total. The molecule has 1 aliphatic rings. The lowest BCUT2D eigenvalue weighted by molar-refractivity contribution is -0.115.